The van der Waals surface area contributed by atoms with Crippen LogP contribution in [0.5, 0.6) is 0 Å². The van der Waals surface area contributed by atoms with Crippen LogP contribution in [-0.4, -0.2) is 37.4 Å². The molecule has 17 heavy (non-hydrogen) atoms. The number of carbonyl (C=O) groups is 1. The van der Waals surface area contributed by atoms with Gasteiger partial charge in [0.15, 0.2) is 0 Å². The van der Waals surface area contributed by atoms with Crippen molar-refractivity contribution in [2.45, 2.75) is 44.4 Å². The summed E-state index contributed by atoms with van der Waals surface area (Å²) in [5.41, 5.74) is 1.77. The van der Waals surface area contributed by atoms with E-state index < -0.39 is 0 Å². The second-order valence-corrected chi connectivity index (χ2v) is 5.56. The molecule has 3 aliphatic rings. The van der Waals surface area contributed by atoms with Gasteiger partial charge in [-0.25, -0.2) is 4.79 Å². The molecule has 1 spiro atoms. The van der Waals surface area contributed by atoms with Crippen LogP contribution in [-0.2, 0) is 14.3 Å². The summed E-state index contributed by atoms with van der Waals surface area (Å²) in [7, 11) is 1.45. The van der Waals surface area contributed by atoms with E-state index in [1.807, 2.05) is 0 Å². The Bertz CT molecular complexity index is 401. The van der Waals surface area contributed by atoms with Gasteiger partial charge in [0.2, 0.25) is 0 Å². The van der Waals surface area contributed by atoms with Crippen LogP contribution in [0.25, 0.3) is 0 Å². The number of nitrogens with one attached hydrogen (secondary N) is 1. The van der Waals surface area contributed by atoms with Crippen LogP contribution < -0.4 is 5.32 Å². The van der Waals surface area contributed by atoms with Crippen molar-refractivity contribution < 1.29 is 14.3 Å². The lowest BCUT2D eigenvalue weighted by atomic mass is 9.79. The number of methoxy groups -OCH3 is 1. The second-order valence-electron chi connectivity index (χ2n) is 5.56. The molecule has 1 N–H and O–H groups in total. The van der Waals surface area contributed by atoms with Crippen LogP contribution in [0.2, 0.25) is 0 Å². The minimum absolute atomic E-state index is 0.0270. The van der Waals surface area contributed by atoms with Crippen molar-refractivity contribution in [3.05, 3.63) is 11.1 Å². The first-order valence-corrected chi connectivity index (χ1v) is 6.33. The molecule has 4 heteroatoms. The minimum Gasteiger partial charge on any atom is -0.466 e. The highest BCUT2D eigenvalue weighted by atomic mass is 16.5. The fraction of sp³-hybridized carbons (Fsp3) is 0.769. The molecule has 2 fully saturated rings. The van der Waals surface area contributed by atoms with Crippen molar-refractivity contribution in [2.75, 3.05) is 13.7 Å². The Morgan fingerprint density at radius 3 is 3.00 bits per heavy atom. The summed E-state index contributed by atoms with van der Waals surface area (Å²) in [5.74, 6) is 0.257. The fourth-order valence-corrected chi connectivity index (χ4v) is 3.55. The average molecular weight is 237 g/mol. The molecule has 0 radical (unpaired) electrons. The third-order valence-corrected chi connectivity index (χ3v) is 4.27. The first kappa shape index (κ1) is 11.2. The summed E-state index contributed by atoms with van der Waals surface area (Å²) < 4.78 is 11.0. The highest BCUT2D eigenvalue weighted by molar-refractivity contribution is 5.92. The summed E-state index contributed by atoms with van der Waals surface area (Å²) in [6, 6.07) is 0.259. The number of hydrogen-bond donors (Lipinski definition) is 1. The highest BCUT2D eigenvalue weighted by Crippen LogP contribution is 2.52. The van der Waals surface area contributed by atoms with Gasteiger partial charge in [-0.2, -0.15) is 0 Å². The summed E-state index contributed by atoms with van der Waals surface area (Å²) >= 11 is 0. The maximum absolute atomic E-state index is 11.9. The van der Waals surface area contributed by atoms with E-state index >= 15 is 0 Å². The second kappa shape index (κ2) is 3.56. The van der Waals surface area contributed by atoms with Crippen LogP contribution in [0.15, 0.2) is 11.1 Å². The van der Waals surface area contributed by atoms with Gasteiger partial charge in [0, 0.05) is 12.6 Å². The predicted octanol–water partition coefficient (Wildman–Crippen LogP) is 1.02. The fourth-order valence-electron chi connectivity index (χ4n) is 3.55. The maximum Gasteiger partial charge on any atom is 0.336 e. The monoisotopic (exact) mass is 237 g/mol. The van der Waals surface area contributed by atoms with Crippen molar-refractivity contribution in [1.82, 2.24) is 5.32 Å². The van der Waals surface area contributed by atoms with Gasteiger partial charge < -0.3 is 14.8 Å². The molecule has 2 bridgehead atoms. The number of carbonyl (C=O) groups excluding carboxylic acids is 1. The number of hydrogen-bond acceptors (Lipinski definition) is 4. The highest BCUT2D eigenvalue weighted by Gasteiger charge is 2.59. The molecule has 3 heterocycles. The van der Waals surface area contributed by atoms with Crippen LogP contribution in [0.4, 0.5) is 0 Å². The lowest BCUT2D eigenvalue weighted by Crippen LogP contribution is -2.31. The first-order chi connectivity index (χ1) is 8.09. The third kappa shape index (κ3) is 1.34. The molecular weight excluding hydrogens is 218 g/mol. The number of fused-ring (bicyclic) bond motifs is 1. The van der Waals surface area contributed by atoms with Gasteiger partial charge in [0.1, 0.15) is 5.60 Å². The minimum atomic E-state index is -0.207. The average Bonchev–Trinajstić information content (AvgIpc) is 2.94. The van der Waals surface area contributed by atoms with Gasteiger partial charge >= 0.3 is 5.97 Å². The van der Waals surface area contributed by atoms with Gasteiger partial charge in [-0.1, -0.05) is 13.8 Å². The van der Waals surface area contributed by atoms with E-state index in [0.29, 0.717) is 5.92 Å². The first-order valence-electron chi connectivity index (χ1n) is 6.33. The topological polar surface area (TPSA) is 47.6 Å². The Morgan fingerprint density at radius 2 is 2.35 bits per heavy atom. The smallest absolute Gasteiger partial charge is 0.336 e. The van der Waals surface area contributed by atoms with Crippen molar-refractivity contribution >= 4 is 5.97 Å². The van der Waals surface area contributed by atoms with Crippen LogP contribution in [0, 0.1) is 5.92 Å². The molecule has 3 rings (SSSR count). The van der Waals surface area contributed by atoms with E-state index in [1.54, 1.807) is 0 Å². The number of esters is 1. The SMILES string of the molecule is COC(=O)C1=C2[C@@H](C(C)C)NC[C@@]23CC[C@@H]1O3. The summed E-state index contributed by atoms with van der Waals surface area (Å²) in [6.45, 7) is 5.18. The maximum atomic E-state index is 11.9. The normalized spacial score (nSPS) is 39.1. The summed E-state index contributed by atoms with van der Waals surface area (Å²) in [6.07, 6.45) is 1.95. The molecule has 3 aliphatic heterocycles. The van der Waals surface area contributed by atoms with E-state index in [1.165, 1.54) is 12.7 Å². The molecule has 2 saturated heterocycles. The van der Waals surface area contributed by atoms with Crippen LogP contribution in [0.3, 0.4) is 0 Å². The molecular formula is C13H19NO3. The zero-order chi connectivity index (χ0) is 12.2. The molecule has 0 aromatic rings. The standard InChI is InChI=1S/C13H19NO3/c1-7(2)11-10-9(12(15)16-3)8-4-5-13(10,17-8)6-14-11/h7-8,11,14H,4-6H2,1-3H3/t8-,11+,13-/m0/s1. The van der Waals surface area contributed by atoms with Crippen molar-refractivity contribution in [1.29, 1.82) is 0 Å². The predicted molar refractivity (Wildman–Crippen MR) is 62.5 cm³/mol. The Morgan fingerprint density at radius 1 is 1.59 bits per heavy atom. The summed E-state index contributed by atoms with van der Waals surface area (Å²) in [4.78, 5) is 11.9. The molecule has 94 valence electrons. The lowest BCUT2D eigenvalue weighted by Gasteiger charge is -2.24. The zero-order valence-electron chi connectivity index (χ0n) is 10.6. The van der Waals surface area contributed by atoms with Crippen LogP contribution in [0.1, 0.15) is 26.7 Å². The molecule has 0 aliphatic carbocycles. The van der Waals surface area contributed by atoms with Crippen molar-refractivity contribution in [3.8, 4) is 0 Å². The van der Waals surface area contributed by atoms with Crippen molar-refractivity contribution in [2.24, 2.45) is 5.92 Å². The molecule has 0 amide bonds. The quantitative estimate of drug-likeness (QED) is 0.728. The number of rotatable bonds is 2. The van der Waals surface area contributed by atoms with E-state index in [4.69, 9.17) is 9.47 Å². The van der Waals surface area contributed by atoms with E-state index in [2.05, 4.69) is 19.2 Å². The zero-order valence-corrected chi connectivity index (χ0v) is 10.6. The van der Waals surface area contributed by atoms with E-state index in [-0.39, 0.29) is 23.7 Å². The Kier molecular flexibility index (Phi) is 2.35. The van der Waals surface area contributed by atoms with Gasteiger partial charge in [0.25, 0.3) is 0 Å². The number of ether oxygens (including phenoxy) is 2. The molecule has 0 aromatic heterocycles. The Balaban J connectivity index is 2.08. The third-order valence-electron chi connectivity index (χ3n) is 4.27. The van der Waals surface area contributed by atoms with E-state index in [0.717, 1.165) is 25.0 Å². The lowest BCUT2D eigenvalue weighted by molar-refractivity contribution is -0.137. The van der Waals surface area contributed by atoms with Gasteiger partial charge in [-0.05, 0) is 24.3 Å². The molecule has 0 unspecified atom stereocenters. The van der Waals surface area contributed by atoms with Gasteiger partial charge in [-0.3, -0.25) is 0 Å². The van der Waals surface area contributed by atoms with Gasteiger partial charge in [0.05, 0.1) is 18.8 Å². The van der Waals surface area contributed by atoms with E-state index in [9.17, 15) is 4.79 Å². The molecule has 3 atom stereocenters. The Labute approximate surface area is 101 Å². The Hall–Kier alpha value is -0.870. The molecule has 0 aromatic carbocycles. The van der Waals surface area contributed by atoms with Crippen molar-refractivity contribution in [3.63, 3.8) is 0 Å². The largest absolute Gasteiger partial charge is 0.466 e. The molecule has 4 nitrogen and oxygen atoms in total. The van der Waals surface area contributed by atoms with Gasteiger partial charge in [-0.15, -0.1) is 0 Å². The summed E-state index contributed by atoms with van der Waals surface area (Å²) in [5, 5.41) is 3.49. The van der Waals surface area contributed by atoms with Crippen LogP contribution >= 0.6 is 0 Å². The molecule has 0 saturated carbocycles.